The maximum atomic E-state index is 3.56. The molecular weight excluding hydrogens is 144 g/mol. The fourth-order valence-electron chi connectivity index (χ4n) is 0.254. The molecule has 0 aliphatic heterocycles. The van der Waals surface area contributed by atoms with E-state index in [9.17, 15) is 0 Å². The van der Waals surface area contributed by atoms with Crippen molar-refractivity contribution in [1.82, 2.24) is 0 Å². The van der Waals surface area contributed by atoms with Crippen molar-refractivity contribution >= 4 is 0 Å². The Morgan fingerprint density at radius 3 is 1.42 bits per heavy atom. The van der Waals surface area contributed by atoms with Gasteiger partial charge in [0.15, 0.2) is 0 Å². The van der Waals surface area contributed by atoms with Crippen LogP contribution >= 0.6 is 0 Å². The van der Waals surface area contributed by atoms with E-state index in [0.717, 1.165) is 5.57 Å². The number of hydrogen-bond donors (Lipinski definition) is 0. The summed E-state index contributed by atoms with van der Waals surface area (Å²) < 4.78 is 0. The van der Waals surface area contributed by atoms with Crippen LogP contribution in [0.25, 0.3) is 0 Å². The first-order chi connectivity index (χ1) is 5.31. The molecule has 0 saturated carbocycles. The minimum atomic E-state index is 0. The van der Waals surface area contributed by atoms with Crippen LogP contribution in [0, 0.1) is 0 Å². The van der Waals surface area contributed by atoms with Crippen LogP contribution in [0.3, 0.4) is 0 Å². The Kier molecular flexibility index (Phi) is 59.7. The first-order valence-electron chi connectivity index (χ1n) is 4.23. The van der Waals surface area contributed by atoms with Crippen LogP contribution in [-0.4, -0.2) is 0 Å². The molecule has 0 heterocycles. The zero-order chi connectivity index (χ0) is 9.70. The summed E-state index contributed by atoms with van der Waals surface area (Å²) in [7, 11) is 0. The fourth-order valence-corrected chi connectivity index (χ4v) is 0.254. The van der Waals surface area contributed by atoms with Gasteiger partial charge in [0.05, 0.1) is 0 Å². The largest absolute Gasteiger partial charge is 0.0991 e. The fraction of sp³-hybridized carbons (Fsp3) is 0.500. The van der Waals surface area contributed by atoms with E-state index < -0.39 is 0 Å². The van der Waals surface area contributed by atoms with Crippen molar-refractivity contribution in [1.29, 1.82) is 0 Å². The summed E-state index contributed by atoms with van der Waals surface area (Å²) in [6, 6.07) is 0. The summed E-state index contributed by atoms with van der Waals surface area (Å²) in [5, 5.41) is 0. The highest BCUT2D eigenvalue weighted by molar-refractivity contribution is 5.17. The first-order valence-corrected chi connectivity index (χ1v) is 4.23. The molecule has 0 spiro atoms. The second-order valence-corrected chi connectivity index (χ2v) is 1.35. The van der Waals surface area contributed by atoms with Crippen LogP contribution in [0.5, 0.6) is 0 Å². The summed E-state index contributed by atoms with van der Waals surface area (Å²) >= 11 is 0. The highest BCUT2D eigenvalue weighted by atomic mass is 13.8. The Morgan fingerprint density at radius 1 is 1.00 bits per heavy atom. The second kappa shape index (κ2) is 31.9. The van der Waals surface area contributed by atoms with Crippen molar-refractivity contribution in [3.8, 4) is 0 Å². The van der Waals surface area contributed by atoms with E-state index >= 15 is 0 Å². The Labute approximate surface area is 79.7 Å². The second-order valence-electron chi connectivity index (χ2n) is 1.35. The van der Waals surface area contributed by atoms with Gasteiger partial charge in [-0.1, -0.05) is 72.1 Å². The zero-order valence-corrected chi connectivity index (χ0v) is 8.65. The van der Waals surface area contributed by atoms with Gasteiger partial charge in [-0.25, -0.2) is 0 Å². The highest BCUT2D eigenvalue weighted by Gasteiger charge is 1.68. The number of rotatable bonds is 2. The van der Waals surface area contributed by atoms with Crippen molar-refractivity contribution in [3.05, 3.63) is 37.0 Å². The maximum absolute atomic E-state index is 3.56. The molecule has 12 heavy (non-hydrogen) atoms. The highest BCUT2D eigenvalue weighted by Crippen LogP contribution is 1.90. The summed E-state index contributed by atoms with van der Waals surface area (Å²) in [6.45, 7) is 17.1. The van der Waals surface area contributed by atoms with Crippen molar-refractivity contribution < 1.29 is 0 Å². The van der Waals surface area contributed by atoms with E-state index in [0.29, 0.717) is 0 Å². The third-order valence-corrected chi connectivity index (χ3v) is 0.703. The van der Waals surface area contributed by atoms with Crippen molar-refractivity contribution in [2.75, 3.05) is 0 Å². The molecule has 0 aromatic heterocycles. The number of allylic oxidation sites excluding steroid dienone is 4. The van der Waals surface area contributed by atoms with E-state index in [4.69, 9.17) is 0 Å². The lowest BCUT2D eigenvalue weighted by atomic mass is 10.3. The Bertz CT molecular complexity index is 96.6. The third-order valence-electron chi connectivity index (χ3n) is 0.703. The molecule has 0 bridgehead atoms. The lowest BCUT2D eigenvalue weighted by molar-refractivity contribution is 1.50. The van der Waals surface area contributed by atoms with Gasteiger partial charge in [-0.05, 0) is 6.92 Å². The van der Waals surface area contributed by atoms with Crippen LogP contribution < -0.4 is 0 Å². The van der Waals surface area contributed by atoms with Crippen molar-refractivity contribution in [3.63, 3.8) is 0 Å². The van der Waals surface area contributed by atoms with Crippen molar-refractivity contribution in [2.24, 2.45) is 0 Å². The van der Waals surface area contributed by atoms with Gasteiger partial charge >= 0.3 is 0 Å². The average molecular weight is 170 g/mol. The van der Waals surface area contributed by atoms with Gasteiger partial charge in [0.25, 0.3) is 0 Å². The lowest BCUT2D eigenvalue weighted by Gasteiger charge is -1.80. The van der Waals surface area contributed by atoms with Crippen LogP contribution in [0.1, 0.15) is 42.0 Å². The summed E-state index contributed by atoms with van der Waals surface area (Å²) in [4.78, 5) is 0. The van der Waals surface area contributed by atoms with E-state index in [1.807, 2.05) is 40.7 Å². The zero-order valence-electron chi connectivity index (χ0n) is 8.65. The summed E-state index contributed by atoms with van der Waals surface area (Å²) in [5.74, 6) is 0. The molecule has 0 radical (unpaired) electrons. The SMILES string of the molecule is C.C=C/C=C(/C)C=C.CC.CC. The molecule has 74 valence electrons. The average Bonchev–Trinajstić information content (AvgIpc) is 2.12. The summed E-state index contributed by atoms with van der Waals surface area (Å²) in [6.07, 6.45) is 5.45. The smallest absolute Gasteiger partial charge is 0.0398 e. The molecule has 0 saturated heterocycles. The van der Waals surface area contributed by atoms with Gasteiger partial charge in [-0.3, -0.25) is 0 Å². The molecule has 0 fully saturated rings. The predicted molar refractivity (Wildman–Crippen MR) is 63.6 cm³/mol. The minimum absolute atomic E-state index is 0. The molecule has 0 atom stereocenters. The standard InChI is InChI=1S/C7H10.2C2H6.CH4/c1-4-6-7(3)5-2;2*1-2;/h4-6H,1-2H2,3H3;2*1-2H3;1H4/b7-6-;;;. The van der Waals surface area contributed by atoms with E-state index in [2.05, 4.69) is 13.2 Å². The molecule has 0 nitrogen and oxygen atoms in total. The molecule has 0 N–H and O–H groups in total. The minimum Gasteiger partial charge on any atom is -0.0991 e. The molecule has 0 unspecified atom stereocenters. The van der Waals surface area contributed by atoms with Gasteiger partial charge in [-0.2, -0.15) is 0 Å². The first kappa shape index (κ1) is 22.5. The molecule has 0 aromatic rings. The van der Waals surface area contributed by atoms with E-state index in [1.165, 1.54) is 0 Å². The van der Waals surface area contributed by atoms with E-state index in [-0.39, 0.29) is 7.43 Å². The van der Waals surface area contributed by atoms with Gasteiger partial charge in [-0.15, -0.1) is 0 Å². The van der Waals surface area contributed by atoms with Crippen LogP contribution in [-0.2, 0) is 0 Å². The van der Waals surface area contributed by atoms with Gasteiger partial charge in [0, 0.05) is 0 Å². The van der Waals surface area contributed by atoms with Gasteiger partial charge < -0.3 is 0 Å². The topological polar surface area (TPSA) is 0 Å². The normalized spacial score (nSPS) is 7.25. The summed E-state index contributed by atoms with van der Waals surface area (Å²) in [5.41, 5.74) is 1.15. The molecule has 0 aliphatic carbocycles. The maximum Gasteiger partial charge on any atom is -0.0398 e. The quantitative estimate of drug-likeness (QED) is 0.512. The van der Waals surface area contributed by atoms with Gasteiger partial charge in [0.1, 0.15) is 0 Å². The van der Waals surface area contributed by atoms with Crippen molar-refractivity contribution in [2.45, 2.75) is 42.0 Å². The molecule has 0 heteroatoms. The molecule has 0 aromatic carbocycles. The molecule has 0 amide bonds. The third kappa shape index (κ3) is 35.0. The molecule has 0 aliphatic rings. The van der Waals surface area contributed by atoms with E-state index in [1.54, 1.807) is 12.2 Å². The van der Waals surface area contributed by atoms with Crippen LogP contribution in [0.2, 0.25) is 0 Å². The Hall–Kier alpha value is -0.780. The van der Waals surface area contributed by atoms with Gasteiger partial charge in [0.2, 0.25) is 0 Å². The molecular formula is C12H26. The number of hydrogen-bond acceptors (Lipinski definition) is 0. The lowest BCUT2D eigenvalue weighted by Crippen LogP contribution is -1.58. The van der Waals surface area contributed by atoms with Crippen LogP contribution in [0.4, 0.5) is 0 Å². The Balaban J connectivity index is -0.0000000560. The van der Waals surface area contributed by atoms with Crippen LogP contribution in [0.15, 0.2) is 37.0 Å². The monoisotopic (exact) mass is 170 g/mol. The molecule has 0 rings (SSSR count). The Morgan fingerprint density at radius 2 is 1.33 bits per heavy atom. The predicted octanol–water partition coefficient (Wildman–Crippen LogP) is 4.99.